The van der Waals surface area contributed by atoms with Crippen molar-refractivity contribution < 1.29 is 14.6 Å². The second-order valence-corrected chi connectivity index (χ2v) is 5.94. The number of hydrogen-bond donors (Lipinski definition) is 1. The van der Waals surface area contributed by atoms with Gasteiger partial charge < -0.3 is 14.7 Å². The van der Waals surface area contributed by atoms with Crippen LogP contribution in [0.3, 0.4) is 0 Å². The number of halogens is 1. The van der Waals surface area contributed by atoms with Gasteiger partial charge in [-0.3, -0.25) is 4.79 Å². The Hall–Kier alpha value is -1.26. The van der Waals surface area contributed by atoms with Crippen LogP contribution >= 0.6 is 11.6 Å². The smallest absolute Gasteiger partial charge is 0.222 e. The number of aryl methyl sites for hydroxylation is 1. The Kier molecular flexibility index (Phi) is 5.84. The summed E-state index contributed by atoms with van der Waals surface area (Å²) in [6, 6.07) is 5.50. The van der Waals surface area contributed by atoms with Gasteiger partial charge in [-0.1, -0.05) is 17.7 Å². The van der Waals surface area contributed by atoms with E-state index in [9.17, 15) is 9.90 Å². The number of carbonyl (C=O) groups is 1. The van der Waals surface area contributed by atoms with Crippen LogP contribution in [0.2, 0.25) is 5.02 Å². The minimum absolute atomic E-state index is 0.000865. The summed E-state index contributed by atoms with van der Waals surface area (Å²) in [6.45, 7) is 3.68. The van der Waals surface area contributed by atoms with E-state index in [1.165, 1.54) is 0 Å². The molecular formula is C15H22ClNO3. The minimum atomic E-state index is -0.881. The number of likely N-dealkylation sites (N-methyl/N-ethyl adjacent to an activating group) is 1. The molecule has 0 aliphatic rings. The van der Waals surface area contributed by atoms with Crippen molar-refractivity contribution in [3.8, 4) is 5.75 Å². The van der Waals surface area contributed by atoms with Gasteiger partial charge in [0.1, 0.15) is 5.75 Å². The standard InChI is InChI=1S/C15H22ClNO3/c1-15(2,19)10-17(3)14(18)8-6-11-5-7-13(20-4)12(16)9-11/h5,7,9,19H,6,8,10H2,1-4H3. The number of amides is 1. The predicted octanol–water partition coefficient (Wildman–Crippen LogP) is 2.51. The van der Waals surface area contributed by atoms with Crippen molar-refractivity contribution in [2.75, 3.05) is 20.7 Å². The lowest BCUT2D eigenvalue weighted by Gasteiger charge is -2.25. The summed E-state index contributed by atoms with van der Waals surface area (Å²) in [7, 11) is 3.26. The summed E-state index contributed by atoms with van der Waals surface area (Å²) >= 11 is 6.04. The molecule has 0 aromatic heterocycles. The Morgan fingerprint density at radius 2 is 2.10 bits per heavy atom. The zero-order valence-electron chi connectivity index (χ0n) is 12.4. The molecular weight excluding hydrogens is 278 g/mol. The third kappa shape index (κ3) is 5.39. The van der Waals surface area contributed by atoms with Gasteiger partial charge in [-0.05, 0) is 38.0 Å². The maximum absolute atomic E-state index is 12.0. The van der Waals surface area contributed by atoms with Gasteiger partial charge in [-0.2, -0.15) is 0 Å². The number of benzene rings is 1. The molecule has 1 rings (SSSR count). The summed E-state index contributed by atoms with van der Waals surface area (Å²) in [5.74, 6) is 0.625. The van der Waals surface area contributed by atoms with Gasteiger partial charge in [-0.15, -0.1) is 0 Å². The van der Waals surface area contributed by atoms with Crippen molar-refractivity contribution in [3.05, 3.63) is 28.8 Å². The first-order chi connectivity index (χ1) is 9.23. The molecule has 0 atom stereocenters. The highest BCUT2D eigenvalue weighted by molar-refractivity contribution is 6.32. The van der Waals surface area contributed by atoms with Crippen molar-refractivity contribution in [2.45, 2.75) is 32.3 Å². The molecule has 0 saturated carbocycles. The fourth-order valence-corrected chi connectivity index (χ4v) is 2.26. The number of rotatable bonds is 6. The topological polar surface area (TPSA) is 49.8 Å². The van der Waals surface area contributed by atoms with E-state index in [4.69, 9.17) is 16.3 Å². The van der Waals surface area contributed by atoms with Crippen LogP contribution in [-0.4, -0.2) is 42.2 Å². The van der Waals surface area contributed by atoms with Gasteiger partial charge >= 0.3 is 0 Å². The monoisotopic (exact) mass is 299 g/mol. The lowest BCUT2D eigenvalue weighted by Crippen LogP contribution is -2.39. The van der Waals surface area contributed by atoms with E-state index in [0.29, 0.717) is 30.2 Å². The van der Waals surface area contributed by atoms with Crippen molar-refractivity contribution in [1.82, 2.24) is 4.90 Å². The third-order valence-corrected chi connectivity index (χ3v) is 3.19. The van der Waals surface area contributed by atoms with Crippen LogP contribution < -0.4 is 4.74 Å². The molecule has 1 aromatic carbocycles. The molecule has 0 bridgehead atoms. The second kappa shape index (κ2) is 6.95. The first kappa shape index (κ1) is 16.8. The number of carbonyl (C=O) groups excluding carboxylic acids is 1. The van der Waals surface area contributed by atoms with Crippen LogP contribution in [0.25, 0.3) is 0 Å². The molecule has 0 saturated heterocycles. The molecule has 20 heavy (non-hydrogen) atoms. The molecule has 0 aliphatic carbocycles. The summed E-state index contributed by atoms with van der Waals surface area (Å²) in [6.07, 6.45) is 0.994. The van der Waals surface area contributed by atoms with Gasteiger partial charge in [0.2, 0.25) is 5.91 Å². The highest BCUT2D eigenvalue weighted by Gasteiger charge is 2.19. The van der Waals surface area contributed by atoms with Gasteiger partial charge in [0.15, 0.2) is 0 Å². The Labute approximate surface area is 125 Å². The first-order valence-electron chi connectivity index (χ1n) is 6.51. The van der Waals surface area contributed by atoms with Crippen LogP contribution in [-0.2, 0) is 11.2 Å². The van der Waals surface area contributed by atoms with Crippen molar-refractivity contribution in [3.63, 3.8) is 0 Å². The number of hydrogen-bond acceptors (Lipinski definition) is 3. The number of methoxy groups -OCH3 is 1. The maximum Gasteiger partial charge on any atom is 0.222 e. The van der Waals surface area contributed by atoms with Crippen LogP contribution in [0.1, 0.15) is 25.8 Å². The summed E-state index contributed by atoms with van der Waals surface area (Å²) < 4.78 is 5.08. The van der Waals surface area contributed by atoms with E-state index in [0.717, 1.165) is 5.56 Å². The summed E-state index contributed by atoms with van der Waals surface area (Å²) in [5.41, 5.74) is 0.106. The van der Waals surface area contributed by atoms with Crippen molar-refractivity contribution in [2.24, 2.45) is 0 Å². The second-order valence-electron chi connectivity index (χ2n) is 5.53. The van der Waals surface area contributed by atoms with Crippen molar-refractivity contribution in [1.29, 1.82) is 0 Å². The zero-order valence-corrected chi connectivity index (χ0v) is 13.2. The van der Waals surface area contributed by atoms with E-state index >= 15 is 0 Å². The first-order valence-corrected chi connectivity index (χ1v) is 6.89. The van der Waals surface area contributed by atoms with Gasteiger partial charge in [-0.25, -0.2) is 0 Å². The van der Waals surface area contributed by atoms with E-state index in [2.05, 4.69) is 0 Å². The van der Waals surface area contributed by atoms with Gasteiger partial charge in [0.25, 0.3) is 0 Å². The zero-order chi connectivity index (χ0) is 15.3. The van der Waals surface area contributed by atoms with E-state index in [1.54, 1.807) is 39.0 Å². The van der Waals surface area contributed by atoms with Crippen molar-refractivity contribution >= 4 is 17.5 Å². The molecule has 0 aliphatic heterocycles. The quantitative estimate of drug-likeness (QED) is 0.878. The van der Waals surface area contributed by atoms with Crippen LogP contribution in [0, 0.1) is 0 Å². The Morgan fingerprint density at radius 1 is 1.45 bits per heavy atom. The predicted molar refractivity (Wildman–Crippen MR) is 80.3 cm³/mol. The van der Waals surface area contributed by atoms with E-state index in [1.807, 2.05) is 12.1 Å². The average molecular weight is 300 g/mol. The molecule has 1 N–H and O–H groups in total. The molecule has 0 heterocycles. The van der Waals surface area contributed by atoms with Crippen LogP contribution in [0.5, 0.6) is 5.75 Å². The van der Waals surface area contributed by atoms with Crippen LogP contribution in [0.15, 0.2) is 18.2 Å². The Balaban J connectivity index is 2.54. The largest absolute Gasteiger partial charge is 0.495 e. The average Bonchev–Trinajstić information content (AvgIpc) is 2.34. The normalized spacial score (nSPS) is 11.3. The maximum atomic E-state index is 12.0. The lowest BCUT2D eigenvalue weighted by atomic mass is 10.1. The molecule has 1 aromatic rings. The molecule has 1 amide bonds. The minimum Gasteiger partial charge on any atom is -0.495 e. The molecule has 0 fully saturated rings. The van der Waals surface area contributed by atoms with E-state index in [-0.39, 0.29) is 5.91 Å². The fourth-order valence-electron chi connectivity index (χ4n) is 1.98. The lowest BCUT2D eigenvalue weighted by molar-refractivity contribution is -0.132. The molecule has 0 radical (unpaired) electrons. The Bertz CT molecular complexity index is 469. The molecule has 112 valence electrons. The number of aliphatic hydroxyl groups is 1. The van der Waals surface area contributed by atoms with Crippen LogP contribution in [0.4, 0.5) is 0 Å². The number of nitrogens with zero attached hydrogens (tertiary/aromatic N) is 1. The molecule has 4 nitrogen and oxygen atoms in total. The highest BCUT2D eigenvalue weighted by atomic mass is 35.5. The molecule has 0 unspecified atom stereocenters. The summed E-state index contributed by atoms with van der Waals surface area (Å²) in [5, 5.41) is 10.2. The summed E-state index contributed by atoms with van der Waals surface area (Å²) in [4.78, 5) is 13.5. The SMILES string of the molecule is COc1ccc(CCC(=O)N(C)CC(C)(C)O)cc1Cl. The Morgan fingerprint density at radius 3 is 2.60 bits per heavy atom. The highest BCUT2D eigenvalue weighted by Crippen LogP contribution is 2.25. The van der Waals surface area contributed by atoms with Gasteiger partial charge in [0.05, 0.1) is 17.7 Å². The molecule has 0 spiro atoms. The van der Waals surface area contributed by atoms with E-state index < -0.39 is 5.60 Å². The third-order valence-electron chi connectivity index (χ3n) is 2.89. The molecule has 5 heteroatoms. The van der Waals surface area contributed by atoms with Gasteiger partial charge in [0, 0.05) is 20.0 Å². The number of ether oxygens (including phenoxy) is 1. The fraction of sp³-hybridized carbons (Fsp3) is 0.533.